The molecule has 0 spiro atoms. The SMILES string of the molecule is CCCNc1cc(-c2ccc(OCCNC[C@H](O)c3ccccc3)cc2)ccc1C(=O)NS(C)(=O)=O.Cl.Cl. The molecule has 208 valence electrons. The Kier molecular flexibility index (Phi) is 14.2. The zero-order chi connectivity index (χ0) is 26.0. The van der Waals surface area contributed by atoms with E-state index in [-0.39, 0.29) is 30.4 Å². The second kappa shape index (κ2) is 16.2. The third-order valence-electron chi connectivity index (χ3n) is 5.36. The van der Waals surface area contributed by atoms with Gasteiger partial charge in [-0.25, -0.2) is 13.1 Å². The molecule has 38 heavy (non-hydrogen) atoms. The van der Waals surface area contributed by atoms with Crippen molar-refractivity contribution in [2.75, 3.05) is 37.8 Å². The highest BCUT2D eigenvalue weighted by molar-refractivity contribution is 7.89. The van der Waals surface area contributed by atoms with Crippen LogP contribution in [0.1, 0.15) is 35.4 Å². The van der Waals surface area contributed by atoms with Gasteiger partial charge in [-0.05, 0) is 47.4 Å². The van der Waals surface area contributed by atoms with Crippen LogP contribution in [0.25, 0.3) is 11.1 Å². The Morgan fingerprint density at radius 1 is 0.947 bits per heavy atom. The number of ether oxygens (including phenoxy) is 1. The van der Waals surface area contributed by atoms with Gasteiger partial charge in [0.25, 0.3) is 5.91 Å². The highest BCUT2D eigenvalue weighted by Gasteiger charge is 2.16. The number of halogens is 2. The summed E-state index contributed by atoms with van der Waals surface area (Å²) in [6.07, 6.45) is 1.24. The number of carbonyl (C=O) groups excluding carboxylic acids is 1. The summed E-state index contributed by atoms with van der Waals surface area (Å²) in [5.41, 5.74) is 3.52. The molecule has 0 unspecified atom stereocenters. The number of benzene rings is 3. The molecule has 1 amide bonds. The van der Waals surface area contributed by atoms with Crippen LogP contribution >= 0.6 is 24.8 Å². The van der Waals surface area contributed by atoms with Crippen molar-refractivity contribution in [1.29, 1.82) is 0 Å². The van der Waals surface area contributed by atoms with Crippen LogP contribution in [0.5, 0.6) is 5.75 Å². The highest BCUT2D eigenvalue weighted by Crippen LogP contribution is 2.27. The van der Waals surface area contributed by atoms with Crippen LogP contribution in [0.2, 0.25) is 0 Å². The van der Waals surface area contributed by atoms with Crippen molar-refractivity contribution in [1.82, 2.24) is 10.0 Å². The Bertz CT molecular complexity index is 1240. The Hall–Kier alpha value is -2.82. The molecule has 3 aromatic carbocycles. The maximum absolute atomic E-state index is 12.4. The molecular formula is C27H35Cl2N3O5S. The molecule has 0 saturated heterocycles. The minimum absolute atomic E-state index is 0. The van der Waals surface area contributed by atoms with Gasteiger partial charge in [0.05, 0.1) is 17.9 Å². The summed E-state index contributed by atoms with van der Waals surface area (Å²) in [6.45, 7) is 4.14. The second-order valence-electron chi connectivity index (χ2n) is 8.39. The van der Waals surface area contributed by atoms with Crippen LogP contribution < -0.4 is 20.1 Å². The molecule has 0 aliphatic rings. The molecule has 0 aromatic heterocycles. The fourth-order valence-corrected chi connectivity index (χ4v) is 4.01. The van der Waals surface area contributed by atoms with Crippen molar-refractivity contribution in [2.45, 2.75) is 19.4 Å². The van der Waals surface area contributed by atoms with Gasteiger partial charge in [0.15, 0.2) is 0 Å². The standard InChI is InChI=1S/C27H33N3O5S.2ClH/c1-3-15-29-25-18-22(11-14-24(25)27(32)30-36(2,33)34)20-9-12-23(13-10-20)35-17-16-28-19-26(31)21-7-5-4-6-8-21;;/h4-14,18,26,28-29,31H,3,15-17,19H2,1-2H3,(H,30,32);2*1H/t26-;;/m0../s1. The van der Waals surface area contributed by atoms with Gasteiger partial charge < -0.3 is 20.5 Å². The van der Waals surface area contributed by atoms with Crippen molar-refractivity contribution in [3.05, 3.63) is 83.9 Å². The predicted molar refractivity (Wildman–Crippen MR) is 157 cm³/mol. The van der Waals surface area contributed by atoms with Gasteiger partial charge in [-0.3, -0.25) is 4.79 Å². The first kappa shape index (κ1) is 33.2. The van der Waals surface area contributed by atoms with Crippen molar-refractivity contribution in [3.8, 4) is 16.9 Å². The number of anilines is 1. The first-order valence-corrected chi connectivity index (χ1v) is 13.7. The van der Waals surface area contributed by atoms with Crippen LogP contribution in [0, 0.1) is 0 Å². The lowest BCUT2D eigenvalue weighted by atomic mass is 10.0. The monoisotopic (exact) mass is 583 g/mol. The van der Waals surface area contributed by atoms with Crippen LogP contribution in [0.15, 0.2) is 72.8 Å². The Balaban J connectivity index is 0.00000361. The van der Waals surface area contributed by atoms with E-state index >= 15 is 0 Å². The first-order chi connectivity index (χ1) is 17.3. The Morgan fingerprint density at radius 3 is 2.24 bits per heavy atom. The van der Waals surface area contributed by atoms with Gasteiger partial charge in [-0.1, -0.05) is 55.5 Å². The number of amides is 1. The predicted octanol–water partition coefficient (Wildman–Crippen LogP) is 4.41. The van der Waals surface area contributed by atoms with E-state index in [1.807, 2.05) is 72.3 Å². The van der Waals surface area contributed by atoms with Gasteiger partial charge in [0, 0.05) is 25.3 Å². The lowest BCUT2D eigenvalue weighted by Crippen LogP contribution is -2.30. The molecule has 4 N–H and O–H groups in total. The molecule has 0 aliphatic carbocycles. The average Bonchev–Trinajstić information content (AvgIpc) is 2.87. The number of hydrogen-bond acceptors (Lipinski definition) is 7. The van der Waals surface area contributed by atoms with E-state index in [1.165, 1.54) is 0 Å². The maximum Gasteiger partial charge on any atom is 0.266 e. The van der Waals surface area contributed by atoms with E-state index in [0.717, 1.165) is 35.1 Å². The molecule has 0 saturated carbocycles. The topological polar surface area (TPSA) is 117 Å². The first-order valence-electron chi connectivity index (χ1n) is 11.8. The van der Waals surface area contributed by atoms with Crippen molar-refractivity contribution >= 4 is 46.4 Å². The summed E-state index contributed by atoms with van der Waals surface area (Å²) in [5.74, 6) is 0.0499. The minimum atomic E-state index is -3.66. The number of nitrogens with one attached hydrogen (secondary N) is 3. The lowest BCUT2D eigenvalue weighted by molar-refractivity contribution is 0.0982. The third-order valence-corrected chi connectivity index (χ3v) is 5.92. The van der Waals surface area contributed by atoms with Gasteiger partial charge in [-0.2, -0.15) is 0 Å². The summed E-state index contributed by atoms with van der Waals surface area (Å²) < 4.78 is 30.8. The number of hydrogen-bond donors (Lipinski definition) is 4. The van der Waals surface area contributed by atoms with Crippen LogP contribution in [-0.2, 0) is 10.0 Å². The van der Waals surface area contributed by atoms with E-state index in [2.05, 4.69) is 10.6 Å². The highest BCUT2D eigenvalue weighted by atomic mass is 35.5. The fourth-order valence-electron chi connectivity index (χ4n) is 3.57. The van der Waals surface area contributed by atoms with Gasteiger partial charge in [0.1, 0.15) is 12.4 Å². The fraction of sp³-hybridized carbons (Fsp3) is 0.296. The van der Waals surface area contributed by atoms with E-state index in [1.54, 1.807) is 12.1 Å². The van der Waals surface area contributed by atoms with E-state index in [0.29, 0.717) is 31.9 Å². The van der Waals surface area contributed by atoms with E-state index < -0.39 is 22.0 Å². The zero-order valence-electron chi connectivity index (χ0n) is 21.3. The summed E-state index contributed by atoms with van der Waals surface area (Å²) in [7, 11) is -3.66. The molecule has 1 atom stereocenters. The molecule has 0 fully saturated rings. The normalized spacial score (nSPS) is 11.4. The lowest BCUT2D eigenvalue weighted by Gasteiger charge is -2.14. The summed E-state index contributed by atoms with van der Waals surface area (Å²) in [6, 6.07) is 22.3. The van der Waals surface area contributed by atoms with Crippen molar-refractivity contribution in [2.24, 2.45) is 0 Å². The third kappa shape index (κ3) is 10.5. The molecule has 0 radical (unpaired) electrons. The van der Waals surface area contributed by atoms with E-state index in [4.69, 9.17) is 4.74 Å². The van der Waals surface area contributed by atoms with Gasteiger partial charge in [0.2, 0.25) is 10.0 Å². The number of rotatable bonds is 13. The second-order valence-corrected chi connectivity index (χ2v) is 10.1. The number of aliphatic hydroxyl groups excluding tert-OH is 1. The Labute approximate surface area is 237 Å². The summed E-state index contributed by atoms with van der Waals surface area (Å²) in [4.78, 5) is 12.4. The smallest absolute Gasteiger partial charge is 0.266 e. The van der Waals surface area contributed by atoms with Gasteiger partial charge in [-0.15, -0.1) is 24.8 Å². The van der Waals surface area contributed by atoms with Crippen molar-refractivity contribution in [3.63, 3.8) is 0 Å². The summed E-state index contributed by atoms with van der Waals surface area (Å²) >= 11 is 0. The summed E-state index contributed by atoms with van der Waals surface area (Å²) in [5, 5.41) is 16.6. The molecule has 3 rings (SSSR count). The largest absolute Gasteiger partial charge is 0.492 e. The Morgan fingerprint density at radius 2 is 1.61 bits per heavy atom. The van der Waals surface area contributed by atoms with Gasteiger partial charge >= 0.3 is 0 Å². The molecule has 0 aliphatic heterocycles. The number of sulfonamides is 1. The molecule has 11 heteroatoms. The number of aliphatic hydroxyl groups is 1. The quantitative estimate of drug-likeness (QED) is 0.220. The van der Waals surface area contributed by atoms with Crippen LogP contribution in [0.4, 0.5) is 5.69 Å². The average molecular weight is 585 g/mol. The molecule has 8 nitrogen and oxygen atoms in total. The van der Waals surface area contributed by atoms with Crippen LogP contribution in [0.3, 0.4) is 0 Å². The maximum atomic E-state index is 12.4. The molecule has 0 heterocycles. The molecule has 3 aromatic rings. The van der Waals surface area contributed by atoms with Crippen LogP contribution in [-0.4, -0.2) is 51.9 Å². The number of carbonyl (C=O) groups is 1. The van der Waals surface area contributed by atoms with Crippen molar-refractivity contribution < 1.29 is 23.1 Å². The molecule has 0 bridgehead atoms. The zero-order valence-corrected chi connectivity index (χ0v) is 23.8. The molecular weight excluding hydrogens is 549 g/mol. The minimum Gasteiger partial charge on any atom is -0.492 e. The van der Waals surface area contributed by atoms with E-state index in [9.17, 15) is 18.3 Å².